The first kappa shape index (κ1) is 28.1. The van der Waals surface area contributed by atoms with Crippen molar-refractivity contribution in [1.29, 1.82) is 0 Å². The number of benzene rings is 4. The standard InChI is InChI=1S/C35H31N3O7/c1-41-27-17-22(18-28(42-2)33(27)45-35(40)44-19-21-11-5-3-6-12-21)32-31-29(24-15-9-10-16-25(24)37-31)30(26-20-43-34(39)38(26)32)36-23-13-7-4-8-14-23/h3-18,26,30,32,36-37H,19-20H2,1-2H3/t26-,30+,32-/m1/s1. The lowest BCUT2D eigenvalue weighted by molar-refractivity contribution is 0.0904. The van der Waals surface area contributed by atoms with E-state index in [2.05, 4.69) is 16.4 Å². The number of nitrogens with zero attached hydrogens (tertiary/aromatic N) is 1. The Bertz CT molecular complexity index is 1830. The maximum absolute atomic E-state index is 13.4. The summed E-state index contributed by atoms with van der Waals surface area (Å²) < 4.78 is 28.0. The second-order valence-electron chi connectivity index (χ2n) is 10.8. The minimum atomic E-state index is -0.906. The Kier molecular flexibility index (Phi) is 7.38. The molecule has 1 aromatic heterocycles. The second kappa shape index (κ2) is 11.8. The number of carbonyl (C=O) groups excluding carboxylic acids is 2. The predicted molar refractivity (Wildman–Crippen MR) is 167 cm³/mol. The molecule has 3 atom stereocenters. The van der Waals surface area contributed by atoms with Gasteiger partial charge in [0, 0.05) is 27.8 Å². The molecule has 1 fully saturated rings. The van der Waals surface area contributed by atoms with E-state index in [1.54, 1.807) is 17.0 Å². The van der Waals surface area contributed by atoms with Gasteiger partial charge in [0.15, 0.2) is 11.5 Å². The van der Waals surface area contributed by atoms with Gasteiger partial charge in [0.25, 0.3) is 0 Å². The van der Waals surface area contributed by atoms with Gasteiger partial charge in [-0.25, -0.2) is 9.59 Å². The van der Waals surface area contributed by atoms with Crippen LogP contribution in [0.25, 0.3) is 10.9 Å². The Hall–Kier alpha value is -5.64. The van der Waals surface area contributed by atoms with Gasteiger partial charge in [0.1, 0.15) is 19.3 Å². The van der Waals surface area contributed by atoms with Crippen molar-refractivity contribution in [2.24, 2.45) is 0 Å². The molecule has 0 bridgehead atoms. The fourth-order valence-electron chi connectivity index (χ4n) is 6.26. The van der Waals surface area contributed by atoms with E-state index in [4.69, 9.17) is 23.7 Å². The molecule has 0 aliphatic carbocycles. The summed E-state index contributed by atoms with van der Waals surface area (Å²) in [6, 6.07) is 29.6. The number of aromatic amines is 1. The Morgan fingerprint density at radius 3 is 2.31 bits per heavy atom. The average Bonchev–Trinajstić information content (AvgIpc) is 3.66. The van der Waals surface area contributed by atoms with Crippen molar-refractivity contribution in [2.45, 2.75) is 24.7 Å². The molecule has 0 spiro atoms. The van der Waals surface area contributed by atoms with Gasteiger partial charge in [-0.15, -0.1) is 0 Å². The number of nitrogens with one attached hydrogen (secondary N) is 2. The van der Waals surface area contributed by atoms with Crippen molar-refractivity contribution in [3.63, 3.8) is 0 Å². The summed E-state index contributed by atoms with van der Waals surface area (Å²) >= 11 is 0. The number of methoxy groups -OCH3 is 2. The number of fused-ring (bicyclic) bond motifs is 4. The summed E-state index contributed by atoms with van der Waals surface area (Å²) in [6.07, 6.45) is -1.34. The summed E-state index contributed by atoms with van der Waals surface area (Å²) in [7, 11) is 2.95. The molecule has 2 aliphatic heterocycles. The van der Waals surface area contributed by atoms with E-state index in [9.17, 15) is 9.59 Å². The summed E-state index contributed by atoms with van der Waals surface area (Å²) in [6.45, 7) is 0.256. The van der Waals surface area contributed by atoms with Gasteiger partial charge in [-0.2, -0.15) is 0 Å². The molecular formula is C35H31N3O7. The minimum absolute atomic E-state index is 0.0459. The number of para-hydroxylation sites is 2. The second-order valence-corrected chi connectivity index (χ2v) is 10.8. The van der Waals surface area contributed by atoms with E-state index in [0.29, 0.717) is 5.56 Å². The van der Waals surface area contributed by atoms with Gasteiger partial charge < -0.3 is 34.0 Å². The van der Waals surface area contributed by atoms with Gasteiger partial charge in [-0.3, -0.25) is 4.90 Å². The van der Waals surface area contributed by atoms with Gasteiger partial charge in [0.2, 0.25) is 5.75 Å². The van der Waals surface area contributed by atoms with Crippen LogP contribution in [0.4, 0.5) is 15.3 Å². The third-order valence-corrected chi connectivity index (χ3v) is 8.25. The fraction of sp³-hybridized carbons (Fsp3) is 0.200. The number of hydrogen-bond donors (Lipinski definition) is 2. The first-order valence-electron chi connectivity index (χ1n) is 14.6. The maximum Gasteiger partial charge on any atom is 0.514 e. The molecule has 0 unspecified atom stereocenters. The molecular weight excluding hydrogens is 574 g/mol. The highest BCUT2D eigenvalue weighted by Gasteiger charge is 2.51. The van der Waals surface area contributed by atoms with E-state index in [-0.39, 0.29) is 42.5 Å². The number of aromatic nitrogens is 1. The van der Waals surface area contributed by atoms with E-state index in [1.165, 1.54) is 14.2 Å². The minimum Gasteiger partial charge on any atom is -0.493 e. The van der Waals surface area contributed by atoms with Crippen molar-refractivity contribution in [3.8, 4) is 17.2 Å². The third-order valence-electron chi connectivity index (χ3n) is 8.25. The van der Waals surface area contributed by atoms with Crippen molar-refractivity contribution in [3.05, 3.63) is 119 Å². The van der Waals surface area contributed by atoms with E-state index >= 15 is 0 Å². The number of amides is 1. The van der Waals surface area contributed by atoms with Crippen molar-refractivity contribution in [2.75, 3.05) is 26.1 Å². The number of H-pyrrole nitrogens is 1. The highest BCUT2D eigenvalue weighted by atomic mass is 16.7. The first-order valence-corrected chi connectivity index (χ1v) is 14.6. The van der Waals surface area contributed by atoms with Crippen LogP contribution < -0.4 is 19.5 Å². The first-order chi connectivity index (χ1) is 22.1. The molecule has 0 radical (unpaired) electrons. The van der Waals surface area contributed by atoms with E-state index in [1.807, 2.05) is 78.9 Å². The Morgan fingerprint density at radius 1 is 0.933 bits per heavy atom. The highest BCUT2D eigenvalue weighted by Crippen LogP contribution is 2.51. The Labute approximate surface area is 259 Å². The largest absolute Gasteiger partial charge is 0.514 e. The number of rotatable bonds is 8. The Morgan fingerprint density at radius 2 is 1.60 bits per heavy atom. The summed E-state index contributed by atoms with van der Waals surface area (Å²) in [5.41, 5.74) is 5.26. The molecule has 1 saturated heterocycles. The molecule has 3 heterocycles. The van der Waals surface area contributed by atoms with Crippen LogP contribution in [-0.2, 0) is 16.1 Å². The predicted octanol–water partition coefficient (Wildman–Crippen LogP) is 6.98. The van der Waals surface area contributed by atoms with Crippen molar-refractivity contribution < 1.29 is 33.3 Å². The smallest absolute Gasteiger partial charge is 0.493 e. The number of ether oxygens (including phenoxy) is 5. The van der Waals surface area contributed by atoms with Gasteiger partial charge in [-0.05, 0) is 41.5 Å². The summed E-state index contributed by atoms with van der Waals surface area (Å²) in [4.78, 5) is 31.5. The monoisotopic (exact) mass is 605 g/mol. The van der Waals surface area contributed by atoms with Crippen LogP contribution in [0.5, 0.6) is 17.2 Å². The average molecular weight is 606 g/mol. The molecule has 10 nitrogen and oxygen atoms in total. The summed E-state index contributed by atoms with van der Waals surface area (Å²) in [5.74, 6) is 0.554. The van der Waals surface area contributed by atoms with E-state index in [0.717, 1.165) is 33.4 Å². The quantitative estimate of drug-likeness (QED) is 0.144. The Balaban J connectivity index is 1.30. The molecule has 4 aromatic carbocycles. The van der Waals surface area contributed by atoms with Crippen LogP contribution in [0.15, 0.2) is 97.1 Å². The normalized spacial score (nSPS) is 18.5. The summed E-state index contributed by atoms with van der Waals surface area (Å²) in [5, 5.41) is 4.71. The molecule has 10 heteroatoms. The lowest BCUT2D eigenvalue weighted by Crippen LogP contribution is -2.47. The zero-order valence-electron chi connectivity index (χ0n) is 24.7. The molecule has 1 amide bonds. The zero-order valence-corrected chi connectivity index (χ0v) is 24.7. The topological polar surface area (TPSA) is 111 Å². The van der Waals surface area contributed by atoms with Gasteiger partial charge >= 0.3 is 12.2 Å². The number of cyclic esters (lactones) is 1. The van der Waals surface area contributed by atoms with Gasteiger partial charge in [-0.1, -0.05) is 66.7 Å². The molecule has 228 valence electrons. The van der Waals surface area contributed by atoms with Crippen molar-refractivity contribution >= 4 is 28.8 Å². The number of hydrogen-bond acceptors (Lipinski definition) is 8. The van der Waals surface area contributed by atoms with Crippen LogP contribution >= 0.6 is 0 Å². The highest BCUT2D eigenvalue weighted by molar-refractivity contribution is 5.88. The number of carbonyl (C=O) groups is 2. The maximum atomic E-state index is 13.4. The third kappa shape index (κ3) is 5.14. The van der Waals surface area contributed by atoms with E-state index < -0.39 is 18.3 Å². The molecule has 2 aliphatic rings. The molecule has 7 rings (SSSR count). The molecule has 45 heavy (non-hydrogen) atoms. The zero-order chi connectivity index (χ0) is 30.9. The van der Waals surface area contributed by atoms with Crippen LogP contribution in [0.2, 0.25) is 0 Å². The lowest BCUT2D eigenvalue weighted by atomic mass is 9.85. The molecule has 0 saturated carbocycles. The fourth-order valence-corrected chi connectivity index (χ4v) is 6.26. The SMILES string of the molecule is COc1cc([C@@H]2c3[nH]c4ccccc4c3[C@@H](Nc3ccccc3)[C@H]3COC(=O)N23)cc(OC)c1OC(=O)OCc1ccccc1. The van der Waals surface area contributed by atoms with Crippen LogP contribution in [0, 0.1) is 0 Å². The number of anilines is 1. The molecule has 2 N–H and O–H groups in total. The van der Waals surface area contributed by atoms with Crippen LogP contribution in [0.3, 0.4) is 0 Å². The van der Waals surface area contributed by atoms with Crippen LogP contribution in [-0.4, -0.2) is 49.0 Å². The molecule has 5 aromatic rings. The lowest BCUT2D eigenvalue weighted by Gasteiger charge is -2.41. The van der Waals surface area contributed by atoms with Crippen molar-refractivity contribution in [1.82, 2.24) is 9.88 Å². The van der Waals surface area contributed by atoms with Crippen LogP contribution in [0.1, 0.15) is 34.5 Å². The van der Waals surface area contributed by atoms with Gasteiger partial charge in [0.05, 0.1) is 26.3 Å².